The van der Waals surface area contributed by atoms with Gasteiger partial charge in [-0.2, -0.15) is 13.5 Å². The van der Waals surface area contributed by atoms with Crippen LogP contribution in [0.1, 0.15) is 31.9 Å². The van der Waals surface area contributed by atoms with Crippen molar-refractivity contribution in [2.45, 2.75) is 31.1 Å². The Labute approximate surface area is 154 Å². The van der Waals surface area contributed by atoms with Crippen molar-refractivity contribution >= 4 is 16.2 Å². The van der Waals surface area contributed by atoms with Crippen LogP contribution in [-0.2, 0) is 15.4 Å². The molecule has 0 aromatic heterocycles. The van der Waals surface area contributed by atoms with Gasteiger partial charge in [0.2, 0.25) is 0 Å². The van der Waals surface area contributed by atoms with Gasteiger partial charge in [0.15, 0.2) is 11.5 Å². The molecular weight excluding hydrogens is 352 g/mol. The van der Waals surface area contributed by atoms with Gasteiger partial charge in [0.25, 0.3) is 10.0 Å². The molecule has 1 N–H and O–H groups in total. The van der Waals surface area contributed by atoms with Gasteiger partial charge in [0.1, 0.15) is 0 Å². The number of benzene rings is 2. The number of para-hydroxylation sites is 1. The maximum absolute atomic E-state index is 12.4. The molecule has 0 heterocycles. The van der Waals surface area contributed by atoms with Crippen molar-refractivity contribution in [3.63, 3.8) is 0 Å². The zero-order valence-electron chi connectivity index (χ0n) is 15.6. The molecule has 0 bridgehead atoms. The van der Waals surface area contributed by atoms with Crippen molar-refractivity contribution in [1.82, 2.24) is 4.83 Å². The largest absolute Gasteiger partial charge is 0.493 e. The van der Waals surface area contributed by atoms with Crippen molar-refractivity contribution < 1.29 is 17.9 Å². The summed E-state index contributed by atoms with van der Waals surface area (Å²) < 4.78 is 35.3. The fraction of sp³-hybridized carbons (Fsp3) is 0.316. The Morgan fingerprint density at radius 2 is 1.65 bits per heavy atom. The van der Waals surface area contributed by atoms with Crippen LogP contribution in [0, 0.1) is 0 Å². The second kappa shape index (κ2) is 7.78. The van der Waals surface area contributed by atoms with Gasteiger partial charge < -0.3 is 9.47 Å². The molecule has 140 valence electrons. The van der Waals surface area contributed by atoms with Crippen molar-refractivity contribution in [2.24, 2.45) is 5.10 Å². The van der Waals surface area contributed by atoms with Gasteiger partial charge in [-0.25, -0.2) is 4.83 Å². The first-order chi connectivity index (χ1) is 12.2. The van der Waals surface area contributed by atoms with Crippen LogP contribution in [-0.4, -0.2) is 28.9 Å². The highest BCUT2D eigenvalue weighted by molar-refractivity contribution is 7.89. The summed E-state index contributed by atoms with van der Waals surface area (Å²) in [7, 11) is -0.707. The van der Waals surface area contributed by atoms with E-state index in [9.17, 15) is 8.42 Å². The lowest BCUT2D eigenvalue weighted by Crippen LogP contribution is -2.19. The van der Waals surface area contributed by atoms with E-state index in [1.807, 2.05) is 12.1 Å². The normalized spacial score (nSPS) is 12.2. The Bertz CT molecular complexity index is 883. The zero-order chi connectivity index (χ0) is 19.4. The Balaban J connectivity index is 2.19. The van der Waals surface area contributed by atoms with E-state index in [0.29, 0.717) is 17.1 Å². The van der Waals surface area contributed by atoms with Crippen LogP contribution in [0.3, 0.4) is 0 Å². The summed E-state index contributed by atoms with van der Waals surface area (Å²) in [5.41, 5.74) is 1.61. The van der Waals surface area contributed by atoms with Crippen LogP contribution in [0.4, 0.5) is 0 Å². The van der Waals surface area contributed by atoms with Crippen LogP contribution < -0.4 is 14.3 Å². The summed E-state index contributed by atoms with van der Waals surface area (Å²) in [5, 5.41) is 3.85. The molecule has 2 aromatic carbocycles. The average molecular weight is 376 g/mol. The molecule has 0 aliphatic heterocycles. The molecule has 0 fully saturated rings. The Kier molecular flexibility index (Phi) is 5.92. The minimum atomic E-state index is -3.75. The van der Waals surface area contributed by atoms with Gasteiger partial charge in [-0.1, -0.05) is 39.0 Å². The fourth-order valence-corrected chi connectivity index (χ4v) is 3.16. The second-order valence-electron chi connectivity index (χ2n) is 6.71. The molecule has 0 aliphatic carbocycles. The number of sulfonamides is 1. The molecule has 0 atom stereocenters. The van der Waals surface area contributed by atoms with Gasteiger partial charge in [0, 0.05) is 5.56 Å². The Hall–Kier alpha value is -2.54. The minimum absolute atomic E-state index is 0.0448. The summed E-state index contributed by atoms with van der Waals surface area (Å²) >= 11 is 0. The van der Waals surface area contributed by atoms with E-state index in [0.717, 1.165) is 5.56 Å². The van der Waals surface area contributed by atoms with Gasteiger partial charge in [-0.3, -0.25) is 0 Å². The summed E-state index contributed by atoms with van der Waals surface area (Å²) in [6.07, 6.45) is 1.38. The molecule has 0 saturated heterocycles. The van der Waals surface area contributed by atoms with Crippen LogP contribution in [0.2, 0.25) is 0 Å². The molecule has 26 heavy (non-hydrogen) atoms. The van der Waals surface area contributed by atoms with E-state index in [2.05, 4.69) is 30.7 Å². The maximum atomic E-state index is 12.4. The SMILES string of the molecule is COc1cccc(C=NNS(=O)(=O)c2ccc(C(C)(C)C)cc2)c1OC. The summed E-state index contributed by atoms with van der Waals surface area (Å²) in [5.74, 6) is 1.02. The molecule has 2 rings (SSSR count). The highest BCUT2D eigenvalue weighted by Gasteiger charge is 2.17. The third-order valence-corrected chi connectivity index (χ3v) is 5.08. The lowest BCUT2D eigenvalue weighted by atomic mass is 9.87. The first kappa shape index (κ1) is 19.8. The number of methoxy groups -OCH3 is 2. The molecule has 0 unspecified atom stereocenters. The number of nitrogens with one attached hydrogen (secondary N) is 1. The van der Waals surface area contributed by atoms with E-state index in [1.54, 1.807) is 30.3 Å². The highest BCUT2D eigenvalue weighted by atomic mass is 32.2. The van der Waals surface area contributed by atoms with E-state index in [-0.39, 0.29) is 10.3 Å². The fourth-order valence-electron chi connectivity index (χ4n) is 2.37. The minimum Gasteiger partial charge on any atom is -0.493 e. The van der Waals surface area contributed by atoms with E-state index < -0.39 is 10.0 Å². The average Bonchev–Trinajstić information content (AvgIpc) is 2.60. The Morgan fingerprint density at radius 1 is 1.00 bits per heavy atom. The van der Waals surface area contributed by atoms with E-state index in [1.165, 1.54) is 20.4 Å². The number of hydrazone groups is 1. The number of rotatable bonds is 6. The first-order valence-electron chi connectivity index (χ1n) is 8.05. The molecule has 0 amide bonds. The number of hydrogen-bond acceptors (Lipinski definition) is 5. The van der Waals surface area contributed by atoms with Crippen LogP contribution >= 0.6 is 0 Å². The number of hydrogen-bond donors (Lipinski definition) is 1. The standard InChI is InChI=1S/C19H24N2O4S/c1-19(2,3)15-9-11-16(12-10-15)26(22,23)21-20-13-14-7-6-8-17(24-4)18(14)25-5/h6-13,21H,1-5H3. The number of ether oxygens (including phenoxy) is 2. The summed E-state index contributed by atoms with van der Waals surface area (Å²) in [6.45, 7) is 6.21. The van der Waals surface area contributed by atoms with Crippen molar-refractivity contribution in [2.75, 3.05) is 14.2 Å². The predicted octanol–water partition coefficient (Wildman–Crippen LogP) is 3.31. The molecule has 0 saturated carbocycles. The van der Waals surface area contributed by atoms with Gasteiger partial charge in [0.05, 0.1) is 25.3 Å². The molecule has 7 heteroatoms. The summed E-state index contributed by atoms with van der Waals surface area (Å²) in [6, 6.07) is 12.0. The molecular formula is C19H24N2O4S. The lowest BCUT2D eigenvalue weighted by molar-refractivity contribution is 0.354. The number of nitrogens with zero attached hydrogens (tertiary/aromatic N) is 1. The molecule has 6 nitrogen and oxygen atoms in total. The lowest BCUT2D eigenvalue weighted by Gasteiger charge is -2.19. The monoisotopic (exact) mass is 376 g/mol. The maximum Gasteiger partial charge on any atom is 0.276 e. The zero-order valence-corrected chi connectivity index (χ0v) is 16.4. The van der Waals surface area contributed by atoms with E-state index >= 15 is 0 Å². The van der Waals surface area contributed by atoms with Crippen LogP contribution in [0.15, 0.2) is 52.5 Å². The predicted molar refractivity (Wildman–Crippen MR) is 103 cm³/mol. The third-order valence-electron chi connectivity index (χ3n) is 3.84. The smallest absolute Gasteiger partial charge is 0.276 e. The van der Waals surface area contributed by atoms with E-state index in [4.69, 9.17) is 9.47 Å². The topological polar surface area (TPSA) is 77.0 Å². The second-order valence-corrected chi connectivity index (χ2v) is 8.37. The summed E-state index contributed by atoms with van der Waals surface area (Å²) in [4.78, 5) is 2.37. The molecule has 0 radical (unpaired) electrons. The highest BCUT2D eigenvalue weighted by Crippen LogP contribution is 2.29. The van der Waals surface area contributed by atoms with Gasteiger partial charge >= 0.3 is 0 Å². The molecule has 0 aliphatic rings. The van der Waals surface area contributed by atoms with Gasteiger partial charge in [-0.05, 0) is 35.2 Å². The quantitative estimate of drug-likeness (QED) is 0.620. The van der Waals surface area contributed by atoms with Crippen LogP contribution in [0.5, 0.6) is 11.5 Å². The first-order valence-corrected chi connectivity index (χ1v) is 9.54. The van der Waals surface area contributed by atoms with Crippen molar-refractivity contribution in [1.29, 1.82) is 0 Å². The van der Waals surface area contributed by atoms with Crippen molar-refractivity contribution in [3.05, 3.63) is 53.6 Å². The van der Waals surface area contributed by atoms with Gasteiger partial charge in [-0.15, -0.1) is 0 Å². The third kappa shape index (κ3) is 4.54. The molecule has 2 aromatic rings. The van der Waals surface area contributed by atoms with Crippen LogP contribution in [0.25, 0.3) is 0 Å². The molecule has 0 spiro atoms. The van der Waals surface area contributed by atoms with Crippen molar-refractivity contribution in [3.8, 4) is 11.5 Å². The Morgan fingerprint density at radius 3 is 2.19 bits per heavy atom.